The predicted octanol–water partition coefficient (Wildman–Crippen LogP) is 4.23. The molecule has 152 valence electrons. The number of benzene rings is 2. The van der Waals surface area contributed by atoms with Crippen molar-refractivity contribution in [3.63, 3.8) is 0 Å². The van der Waals surface area contributed by atoms with Crippen LogP contribution in [0.5, 0.6) is 0 Å². The van der Waals surface area contributed by atoms with Gasteiger partial charge in [0, 0.05) is 18.7 Å². The van der Waals surface area contributed by atoms with Crippen molar-refractivity contribution < 1.29 is 18.4 Å². The molecule has 4 rings (SSSR count). The zero-order chi connectivity index (χ0) is 20.4. The van der Waals surface area contributed by atoms with Crippen molar-refractivity contribution in [2.45, 2.75) is 37.8 Å². The van der Waals surface area contributed by atoms with Crippen LogP contribution < -0.4 is 10.6 Å². The van der Waals surface area contributed by atoms with Gasteiger partial charge in [-0.1, -0.05) is 30.3 Å². The van der Waals surface area contributed by atoms with E-state index in [1.807, 2.05) is 30.3 Å². The van der Waals surface area contributed by atoms with Crippen LogP contribution in [0.1, 0.15) is 37.3 Å². The summed E-state index contributed by atoms with van der Waals surface area (Å²) >= 11 is 0. The zero-order valence-corrected chi connectivity index (χ0v) is 15.9. The number of nitrogens with zero attached hydrogens (tertiary/aromatic N) is 1. The third kappa shape index (κ3) is 4.55. The molecule has 2 aromatic rings. The number of carbonyl (C=O) groups excluding carboxylic acids is 2. The van der Waals surface area contributed by atoms with Gasteiger partial charge in [0.15, 0.2) is 0 Å². The summed E-state index contributed by atoms with van der Waals surface area (Å²) in [5.74, 6) is -1.89. The first-order valence-corrected chi connectivity index (χ1v) is 9.89. The van der Waals surface area contributed by atoms with E-state index in [0.29, 0.717) is 12.8 Å². The molecule has 1 saturated carbocycles. The van der Waals surface area contributed by atoms with E-state index >= 15 is 0 Å². The van der Waals surface area contributed by atoms with E-state index in [4.69, 9.17) is 0 Å². The molecule has 2 unspecified atom stereocenters. The van der Waals surface area contributed by atoms with Crippen LogP contribution in [0.2, 0.25) is 0 Å². The van der Waals surface area contributed by atoms with E-state index < -0.39 is 17.7 Å². The molecule has 5 nitrogen and oxygen atoms in total. The van der Waals surface area contributed by atoms with E-state index in [9.17, 15) is 18.4 Å². The highest BCUT2D eigenvalue weighted by Gasteiger charge is 2.37. The summed E-state index contributed by atoms with van der Waals surface area (Å²) in [6.45, 7) is 0.243. The van der Waals surface area contributed by atoms with Crippen LogP contribution in [0.15, 0.2) is 48.5 Å². The minimum absolute atomic E-state index is 0.0372. The topological polar surface area (TPSA) is 61.4 Å². The van der Waals surface area contributed by atoms with Gasteiger partial charge in [-0.2, -0.15) is 0 Å². The lowest BCUT2D eigenvalue weighted by molar-refractivity contribution is -0.126. The van der Waals surface area contributed by atoms with Gasteiger partial charge in [-0.3, -0.25) is 4.79 Å². The zero-order valence-electron chi connectivity index (χ0n) is 15.9. The Hall–Kier alpha value is -2.96. The van der Waals surface area contributed by atoms with Crippen molar-refractivity contribution in [2.75, 3.05) is 11.9 Å². The molecule has 0 bridgehead atoms. The first-order valence-electron chi connectivity index (χ1n) is 9.89. The summed E-state index contributed by atoms with van der Waals surface area (Å²) in [5, 5.41) is 5.54. The van der Waals surface area contributed by atoms with Gasteiger partial charge >= 0.3 is 6.03 Å². The largest absolute Gasteiger partial charge is 0.353 e. The van der Waals surface area contributed by atoms with Crippen molar-refractivity contribution in [1.29, 1.82) is 0 Å². The second-order valence-corrected chi connectivity index (χ2v) is 7.69. The maximum atomic E-state index is 14.0. The lowest BCUT2D eigenvalue weighted by Gasteiger charge is -2.39. The van der Waals surface area contributed by atoms with Crippen LogP contribution >= 0.6 is 0 Å². The Bertz CT molecular complexity index is 902. The molecule has 2 aliphatic rings. The molecule has 2 atom stereocenters. The number of likely N-dealkylation sites (tertiary alicyclic amines) is 1. The fraction of sp³-hybridized carbons (Fsp3) is 0.364. The molecular weight excluding hydrogens is 376 g/mol. The number of urea groups is 1. The van der Waals surface area contributed by atoms with Crippen molar-refractivity contribution >= 4 is 17.6 Å². The van der Waals surface area contributed by atoms with Crippen LogP contribution in [0.25, 0.3) is 0 Å². The smallest absolute Gasteiger partial charge is 0.322 e. The number of anilines is 1. The average molecular weight is 399 g/mol. The number of carbonyl (C=O) groups is 2. The van der Waals surface area contributed by atoms with Crippen molar-refractivity contribution in [3.8, 4) is 0 Å². The summed E-state index contributed by atoms with van der Waals surface area (Å²) in [5.41, 5.74) is 0.871. The van der Waals surface area contributed by atoms with Gasteiger partial charge in [0.2, 0.25) is 5.91 Å². The molecule has 1 aliphatic heterocycles. The Morgan fingerprint density at radius 3 is 2.41 bits per heavy atom. The minimum Gasteiger partial charge on any atom is -0.353 e. The predicted molar refractivity (Wildman–Crippen MR) is 105 cm³/mol. The van der Waals surface area contributed by atoms with Gasteiger partial charge in [-0.05, 0) is 43.4 Å². The van der Waals surface area contributed by atoms with Crippen LogP contribution in [-0.4, -0.2) is 29.4 Å². The molecule has 3 amide bonds. The monoisotopic (exact) mass is 399 g/mol. The van der Waals surface area contributed by atoms with E-state index in [1.165, 1.54) is 6.07 Å². The van der Waals surface area contributed by atoms with Gasteiger partial charge in [0.1, 0.15) is 11.6 Å². The lowest BCUT2D eigenvalue weighted by Crippen LogP contribution is -2.48. The third-order valence-corrected chi connectivity index (χ3v) is 5.49. The molecule has 0 spiro atoms. The van der Waals surface area contributed by atoms with E-state index in [1.54, 1.807) is 4.90 Å². The molecule has 0 aromatic heterocycles. The Morgan fingerprint density at radius 2 is 1.72 bits per heavy atom. The highest BCUT2D eigenvalue weighted by atomic mass is 19.1. The van der Waals surface area contributed by atoms with Gasteiger partial charge in [-0.15, -0.1) is 0 Å². The highest BCUT2D eigenvalue weighted by molar-refractivity contribution is 5.90. The first kappa shape index (κ1) is 19.4. The average Bonchev–Trinajstić information content (AvgIpc) is 3.54. The molecule has 2 fully saturated rings. The Labute approximate surface area is 168 Å². The summed E-state index contributed by atoms with van der Waals surface area (Å²) in [7, 11) is 0. The van der Waals surface area contributed by atoms with Gasteiger partial charge < -0.3 is 15.5 Å². The Kier molecular flexibility index (Phi) is 5.47. The molecule has 2 N–H and O–H groups in total. The normalized spacial score (nSPS) is 21.5. The molecule has 7 heteroatoms. The first-order chi connectivity index (χ1) is 14.0. The molecule has 1 aliphatic carbocycles. The number of halogens is 2. The van der Waals surface area contributed by atoms with Gasteiger partial charge in [-0.25, -0.2) is 13.6 Å². The molecular formula is C22H23F2N3O2. The fourth-order valence-electron chi connectivity index (χ4n) is 3.76. The number of hydrogen-bond acceptors (Lipinski definition) is 2. The molecule has 1 saturated heterocycles. The quantitative estimate of drug-likeness (QED) is 0.808. The third-order valence-electron chi connectivity index (χ3n) is 5.49. The van der Waals surface area contributed by atoms with Crippen molar-refractivity contribution in [1.82, 2.24) is 10.2 Å². The maximum absolute atomic E-state index is 14.0. The van der Waals surface area contributed by atoms with Gasteiger partial charge in [0.25, 0.3) is 0 Å². The summed E-state index contributed by atoms with van der Waals surface area (Å²) < 4.78 is 27.2. The number of nitrogens with one attached hydrogen (secondary N) is 2. The van der Waals surface area contributed by atoms with Crippen LogP contribution in [-0.2, 0) is 4.79 Å². The van der Waals surface area contributed by atoms with Crippen LogP contribution in [0.3, 0.4) is 0 Å². The number of hydrogen-bond donors (Lipinski definition) is 2. The van der Waals surface area contributed by atoms with E-state index in [2.05, 4.69) is 10.6 Å². The Balaban J connectivity index is 1.54. The van der Waals surface area contributed by atoms with Crippen molar-refractivity contribution in [3.05, 3.63) is 65.7 Å². The number of piperidine rings is 1. The second-order valence-electron chi connectivity index (χ2n) is 7.69. The SMILES string of the molecule is O=C(NC1CC1)C1CCC(c2ccccc2)N(C(=O)Nc2ccc(F)cc2F)C1. The standard InChI is InChI=1S/C22H23F2N3O2/c23-16-7-10-19(18(24)12-16)26-22(29)27-13-15(21(28)25-17-8-9-17)6-11-20(27)14-4-2-1-3-5-14/h1-5,7,10,12,15,17,20H,6,8-9,11,13H2,(H,25,28)(H,26,29). The van der Waals surface area contributed by atoms with Crippen molar-refractivity contribution in [2.24, 2.45) is 5.92 Å². The van der Waals surface area contributed by atoms with Crippen LogP contribution in [0.4, 0.5) is 19.3 Å². The maximum Gasteiger partial charge on any atom is 0.322 e. The molecule has 2 aromatic carbocycles. The summed E-state index contributed by atoms with van der Waals surface area (Å²) in [4.78, 5) is 27.1. The molecule has 29 heavy (non-hydrogen) atoms. The minimum atomic E-state index is -0.838. The number of rotatable bonds is 4. The summed E-state index contributed by atoms with van der Waals surface area (Å²) in [6, 6.07) is 12.1. The fourth-order valence-corrected chi connectivity index (χ4v) is 3.76. The van der Waals surface area contributed by atoms with E-state index in [-0.39, 0.29) is 36.1 Å². The highest BCUT2D eigenvalue weighted by Crippen LogP contribution is 2.34. The van der Waals surface area contributed by atoms with Crippen LogP contribution in [0, 0.1) is 17.6 Å². The van der Waals surface area contributed by atoms with E-state index in [0.717, 1.165) is 30.5 Å². The summed E-state index contributed by atoms with van der Waals surface area (Å²) in [6.07, 6.45) is 3.30. The Morgan fingerprint density at radius 1 is 0.966 bits per heavy atom. The number of amides is 3. The second kappa shape index (κ2) is 8.19. The lowest BCUT2D eigenvalue weighted by atomic mass is 9.88. The molecule has 1 heterocycles. The molecule has 0 radical (unpaired) electrons. The van der Waals surface area contributed by atoms with Gasteiger partial charge in [0.05, 0.1) is 17.6 Å².